The molecule has 0 spiro atoms. The van der Waals surface area contributed by atoms with Gasteiger partial charge in [0.15, 0.2) is 12.6 Å². The molecule has 0 aliphatic carbocycles. The summed E-state index contributed by atoms with van der Waals surface area (Å²) in [6.07, 6.45) is -1.30. The van der Waals surface area contributed by atoms with Gasteiger partial charge in [0, 0.05) is 7.11 Å². The molecular weight excluding hydrogens is 190 g/mol. The van der Waals surface area contributed by atoms with Crippen molar-refractivity contribution in [1.82, 2.24) is 0 Å². The highest BCUT2D eigenvalue weighted by molar-refractivity contribution is 4.62. The molecule has 1 saturated heterocycles. The fourth-order valence-corrected chi connectivity index (χ4v) is 1.06. The summed E-state index contributed by atoms with van der Waals surface area (Å²) < 4.78 is 20.1. The van der Waals surface area contributed by atoms with Crippen LogP contribution in [-0.4, -0.2) is 57.3 Å². The molecule has 0 radical (unpaired) electrons. The number of hydrogen-bond donors (Lipinski definition) is 2. The van der Waals surface area contributed by atoms with Crippen molar-refractivity contribution in [3.05, 3.63) is 0 Å². The van der Waals surface area contributed by atoms with Crippen molar-refractivity contribution in [2.75, 3.05) is 33.5 Å². The predicted octanol–water partition coefficient (Wildman–Crippen LogP) is -1.33. The van der Waals surface area contributed by atoms with Gasteiger partial charge in [-0.05, 0) is 0 Å². The Morgan fingerprint density at radius 3 is 2.71 bits per heavy atom. The monoisotopic (exact) mass is 207 g/mol. The van der Waals surface area contributed by atoms with Gasteiger partial charge in [-0.3, -0.25) is 0 Å². The van der Waals surface area contributed by atoms with Gasteiger partial charge in [0.1, 0.15) is 0 Å². The van der Waals surface area contributed by atoms with Crippen LogP contribution in [0.15, 0.2) is 0 Å². The van der Waals surface area contributed by atoms with Gasteiger partial charge < -0.3 is 29.8 Å². The fraction of sp³-hybridized carbons (Fsp3) is 1.00. The molecule has 1 heterocycles. The number of nitrogens with two attached hydrogens (primary N) is 1. The van der Waals surface area contributed by atoms with Crippen LogP contribution in [0.2, 0.25) is 0 Å². The molecule has 0 bridgehead atoms. The van der Waals surface area contributed by atoms with E-state index in [-0.39, 0.29) is 12.9 Å². The summed E-state index contributed by atoms with van der Waals surface area (Å²) in [5.41, 5.74) is 5.53. The number of ether oxygens (including phenoxy) is 4. The molecule has 6 heteroatoms. The van der Waals surface area contributed by atoms with E-state index in [4.69, 9.17) is 25.1 Å². The molecular formula is C8H17NO5. The van der Waals surface area contributed by atoms with Gasteiger partial charge in [-0.15, -0.1) is 0 Å². The minimum Gasteiger partial charge on any atom is -0.374 e. The maximum atomic E-state index is 9.13. The van der Waals surface area contributed by atoms with E-state index >= 15 is 0 Å². The van der Waals surface area contributed by atoms with Crippen molar-refractivity contribution in [3.8, 4) is 0 Å². The molecule has 1 fully saturated rings. The second kappa shape index (κ2) is 6.28. The summed E-state index contributed by atoms with van der Waals surface area (Å²) in [6.45, 7) is 1.73. The van der Waals surface area contributed by atoms with Crippen LogP contribution in [0.1, 0.15) is 0 Å². The van der Waals surface area contributed by atoms with Gasteiger partial charge in [-0.1, -0.05) is 0 Å². The lowest BCUT2D eigenvalue weighted by atomic mass is 10.3. The first-order valence-electron chi connectivity index (χ1n) is 4.51. The van der Waals surface area contributed by atoms with Gasteiger partial charge in [0.05, 0.1) is 32.5 Å². The quantitative estimate of drug-likeness (QED) is 0.525. The van der Waals surface area contributed by atoms with Gasteiger partial charge in [-0.25, -0.2) is 0 Å². The van der Waals surface area contributed by atoms with E-state index in [0.717, 1.165) is 0 Å². The lowest BCUT2D eigenvalue weighted by Crippen LogP contribution is -2.40. The average Bonchev–Trinajstić information content (AvgIpc) is 2.69. The van der Waals surface area contributed by atoms with Crippen molar-refractivity contribution < 1.29 is 24.1 Å². The summed E-state index contributed by atoms with van der Waals surface area (Å²) in [4.78, 5) is 0. The van der Waals surface area contributed by atoms with E-state index in [1.54, 1.807) is 0 Å². The largest absolute Gasteiger partial charge is 0.374 e. The number of aliphatic hydroxyl groups is 1. The second-order valence-corrected chi connectivity index (χ2v) is 3.00. The molecule has 0 saturated carbocycles. The predicted molar refractivity (Wildman–Crippen MR) is 47.5 cm³/mol. The Labute approximate surface area is 82.9 Å². The Kier molecular flexibility index (Phi) is 5.31. The summed E-state index contributed by atoms with van der Waals surface area (Å²) >= 11 is 0. The molecule has 0 aromatic carbocycles. The van der Waals surface area contributed by atoms with Crippen molar-refractivity contribution in [2.24, 2.45) is 5.73 Å². The first-order valence-corrected chi connectivity index (χ1v) is 4.51. The zero-order chi connectivity index (χ0) is 10.4. The molecule has 84 valence electrons. The number of aliphatic hydroxyl groups excluding tert-OH is 1. The van der Waals surface area contributed by atoms with Crippen molar-refractivity contribution in [1.29, 1.82) is 0 Å². The lowest BCUT2D eigenvalue weighted by Gasteiger charge is -2.18. The van der Waals surface area contributed by atoms with E-state index in [0.29, 0.717) is 19.8 Å². The Morgan fingerprint density at radius 1 is 1.50 bits per heavy atom. The number of hydrogen-bond acceptors (Lipinski definition) is 6. The normalized spacial score (nSPS) is 22.5. The van der Waals surface area contributed by atoms with Crippen LogP contribution in [0.4, 0.5) is 0 Å². The molecule has 1 aliphatic rings. The van der Waals surface area contributed by atoms with Gasteiger partial charge in [-0.2, -0.15) is 0 Å². The second-order valence-electron chi connectivity index (χ2n) is 3.00. The van der Waals surface area contributed by atoms with E-state index in [1.807, 2.05) is 0 Å². The molecule has 1 rings (SSSR count). The molecule has 0 aromatic rings. The maximum absolute atomic E-state index is 9.13. The SMILES string of the molecule is COC(O)C(N)COCC1OCCO1. The van der Waals surface area contributed by atoms with Gasteiger partial charge >= 0.3 is 0 Å². The third-order valence-electron chi connectivity index (χ3n) is 1.86. The van der Waals surface area contributed by atoms with Crippen LogP contribution >= 0.6 is 0 Å². The van der Waals surface area contributed by atoms with Crippen molar-refractivity contribution in [3.63, 3.8) is 0 Å². The van der Waals surface area contributed by atoms with E-state index in [2.05, 4.69) is 4.74 Å². The molecule has 1 aliphatic heterocycles. The molecule has 0 aromatic heterocycles. The summed E-state index contributed by atoms with van der Waals surface area (Å²) in [6, 6.07) is -0.554. The molecule has 2 atom stereocenters. The Balaban J connectivity index is 2.02. The molecule has 6 nitrogen and oxygen atoms in total. The topological polar surface area (TPSA) is 83.2 Å². The van der Waals surface area contributed by atoms with Crippen LogP contribution < -0.4 is 5.73 Å². The molecule has 3 N–H and O–H groups in total. The average molecular weight is 207 g/mol. The maximum Gasteiger partial charge on any atom is 0.181 e. The highest BCUT2D eigenvalue weighted by Crippen LogP contribution is 2.04. The van der Waals surface area contributed by atoms with Crippen LogP contribution in [0.3, 0.4) is 0 Å². The minimum atomic E-state index is -1.000. The molecule has 0 amide bonds. The molecule has 2 unspecified atom stereocenters. The van der Waals surface area contributed by atoms with Gasteiger partial charge in [0.25, 0.3) is 0 Å². The third-order valence-corrected chi connectivity index (χ3v) is 1.86. The summed E-state index contributed by atoms with van der Waals surface area (Å²) in [5.74, 6) is 0. The van der Waals surface area contributed by atoms with Crippen LogP contribution in [0.5, 0.6) is 0 Å². The highest BCUT2D eigenvalue weighted by atomic mass is 16.7. The minimum absolute atomic E-state index is 0.207. The third kappa shape index (κ3) is 3.87. The summed E-state index contributed by atoms with van der Waals surface area (Å²) in [5, 5.41) is 9.13. The van der Waals surface area contributed by atoms with E-state index < -0.39 is 12.3 Å². The zero-order valence-corrected chi connectivity index (χ0v) is 8.22. The standard InChI is InChI=1S/C8H17NO5/c1-11-8(10)6(9)4-12-5-7-13-2-3-14-7/h6-8,10H,2-5,9H2,1H3. The first-order chi connectivity index (χ1) is 6.74. The van der Waals surface area contributed by atoms with Crippen molar-refractivity contribution >= 4 is 0 Å². The molecule has 14 heavy (non-hydrogen) atoms. The Hall–Kier alpha value is -0.240. The summed E-state index contributed by atoms with van der Waals surface area (Å²) in [7, 11) is 1.38. The highest BCUT2D eigenvalue weighted by Gasteiger charge is 2.18. The Morgan fingerprint density at radius 2 is 2.14 bits per heavy atom. The zero-order valence-electron chi connectivity index (χ0n) is 8.22. The fourth-order valence-electron chi connectivity index (χ4n) is 1.06. The number of rotatable bonds is 6. The van der Waals surface area contributed by atoms with Crippen LogP contribution in [-0.2, 0) is 18.9 Å². The smallest absolute Gasteiger partial charge is 0.181 e. The Bertz CT molecular complexity index is 151. The first kappa shape index (κ1) is 11.8. The van der Waals surface area contributed by atoms with Gasteiger partial charge in [0.2, 0.25) is 0 Å². The lowest BCUT2D eigenvalue weighted by molar-refractivity contribution is -0.125. The number of methoxy groups -OCH3 is 1. The van der Waals surface area contributed by atoms with Crippen LogP contribution in [0.25, 0.3) is 0 Å². The van der Waals surface area contributed by atoms with E-state index in [1.165, 1.54) is 7.11 Å². The van der Waals surface area contributed by atoms with Crippen LogP contribution in [0, 0.1) is 0 Å². The van der Waals surface area contributed by atoms with E-state index in [9.17, 15) is 0 Å². The van der Waals surface area contributed by atoms with Crippen molar-refractivity contribution in [2.45, 2.75) is 18.6 Å².